The minimum atomic E-state index is -4.39. The number of hydrogen-bond donors (Lipinski definition) is 2. The van der Waals surface area contributed by atoms with Gasteiger partial charge < -0.3 is 50.8 Å². The number of fused-ring (bicyclic) bond motifs is 1. The number of pyridine rings is 1. The molecular weight excluding hydrogens is 713 g/mol. The summed E-state index contributed by atoms with van der Waals surface area (Å²) in [6.07, 6.45) is 5.15. The summed E-state index contributed by atoms with van der Waals surface area (Å²) in [6.45, 7) is 11.4. The first-order chi connectivity index (χ1) is 15.6. The molecule has 3 N–H and O–H groups in total. The standard InChI is InChI=1S/C10H8F3N2O.C7H11O2.C4H9N.C2H5O.Cs.Pr/c11-10(12,13)8-3-7-5-15(6-16)2-1-9(7)14-4-8;1-8-7-4-2-3-5-9-6-7;1-3-4(2)5;1-2-3;;/h3-4H,1-2,5H2;4,6H,2-3,5H2,1H3;4H,1-3,5H2;3H,1-2H2;;/q2*-1;-2;-1;+1;/t;;4-;;;/m..0.../s1. The monoisotopic (exact) mass is 746 g/mol. The molecule has 1 aromatic rings. The van der Waals surface area contributed by atoms with Crippen molar-refractivity contribution in [3.63, 3.8) is 0 Å². The zero-order valence-electron chi connectivity index (χ0n) is 20.5. The topological polar surface area (TPSA) is 97.9 Å². The molecule has 0 saturated heterocycles. The van der Waals surface area contributed by atoms with Crippen molar-refractivity contribution in [1.82, 2.24) is 9.88 Å². The number of methoxy groups -OCH3 is 1. The minimum Gasteiger partial charge on any atom is -0.582 e. The Bertz CT molecular complexity index is 711. The number of alkyl halides is 3. The van der Waals surface area contributed by atoms with Gasteiger partial charge in [-0.15, -0.1) is 0 Å². The van der Waals surface area contributed by atoms with Gasteiger partial charge in [-0.2, -0.15) is 38.5 Å². The number of nitrogens with zero attached hydrogens (tertiary/aromatic N) is 2. The fourth-order valence-electron chi connectivity index (χ4n) is 2.39. The van der Waals surface area contributed by atoms with Crippen LogP contribution >= 0.6 is 0 Å². The van der Waals surface area contributed by atoms with Gasteiger partial charge in [-0.1, -0.05) is 13.0 Å². The first-order valence-corrected chi connectivity index (χ1v) is 10.3. The van der Waals surface area contributed by atoms with Crippen LogP contribution < -0.4 is 74.6 Å². The number of allylic oxidation sites excluding steroid dienone is 1. The van der Waals surface area contributed by atoms with Crippen molar-refractivity contribution in [2.45, 2.75) is 44.4 Å². The third-order valence-corrected chi connectivity index (χ3v) is 4.11. The number of aliphatic hydroxyl groups excluding tert-OH is 1. The molecule has 0 unspecified atom stereocenters. The molecule has 0 aliphatic carbocycles. The summed E-state index contributed by atoms with van der Waals surface area (Å²) in [5.41, 5.74) is 5.41. The second kappa shape index (κ2) is 24.0. The first-order valence-electron chi connectivity index (χ1n) is 10.3. The van der Waals surface area contributed by atoms with Crippen LogP contribution in [-0.4, -0.2) is 54.3 Å². The SMILES string of the molecule is COC1=COCCC[CH-]1.O=[C-]N1CCc2ncc(C(F)(F)F)cc2C1.[CH2-]CO.[CH2-]C[C@H]([CH2-])N.[Cs+].[Pr]. The van der Waals surface area contributed by atoms with Crippen LogP contribution in [0.1, 0.15) is 36.1 Å². The van der Waals surface area contributed by atoms with Crippen molar-refractivity contribution >= 4 is 6.41 Å². The predicted molar refractivity (Wildman–Crippen MR) is 119 cm³/mol. The van der Waals surface area contributed by atoms with Crippen LogP contribution in [0.25, 0.3) is 0 Å². The summed E-state index contributed by atoms with van der Waals surface area (Å²) in [5, 5.41) is 7.46. The first kappa shape index (κ1) is 40.5. The molecule has 0 bridgehead atoms. The molecule has 7 nitrogen and oxygen atoms in total. The molecule has 0 aromatic carbocycles. The number of rotatable bonds is 3. The van der Waals surface area contributed by atoms with E-state index in [0.29, 0.717) is 24.2 Å². The molecular formula is C23H33CsF3N3O4Pr-4. The summed E-state index contributed by atoms with van der Waals surface area (Å²) in [7, 11) is 1.65. The number of ether oxygens (including phenoxy) is 2. The van der Waals surface area contributed by atoms with Gasteiger partial charge in [0.25, 0.3) is 0 Å². The molecule has 0 saturated carbocycles. The van der Waals surface area contributed by atoms with Crippen LogP contribution in [0.4, 0.5) is 13.2 Å². The summed E-state index contributed by atoms with van der Waals surface area (Å²) in [4.78, 5) is 15.5. The smallest absolute Gasteiger partial charge is 0.582 e. The van der Waals surface area contributed by atoms with E-state index in [-0.39, 0.29) is 129 Å². The van der Waals surface area contributed by atoms with Crippen molar-refractivity contribution in [3.05, 3.63) is 68.3 Å². The van der Waals surface area contributed by atoms with E-state index in [1.165, 1.54) is 4.90 Å². The van der Waals surface area contributed by atoms with Gasteiger partial charge in [0.15, 0.2) is 0 Å². The van der Waals surface area contributed by atoms with E-state index < -0.39 is 11.7 Å². The maximum atomic E-state index is 12.4. The van der Waals surface area contributed by atoms with Crippen LogP contribution in [0.15, 0.2) is 24.3 Å². The predicted octanol–water partition coefficient (Wildman–Crippen LogP) is 0.203. The number of halogens is 3. The Kier molecular flexibility index (Phi) is 27.8. The largest absolute Gasteiger partial charge is 1.00 e. The molecule has 1 atom stereocenters. The van der Waals surface area contributed by atoms with Crippen molar-refractivity contribution in [1.29, 1.82) is 0 Å². The maximum absolute atomic E-state index is 12.4. The molecule has 12 heteroatoms. The second-order valence-corrected chi connectivity index (χ2v) is 6.80. The van der Waals surface area contributed by atoms with Crippen LogP contribution in [0, 0.1) is 68.5 Å². The fraction of sp³-hybridized carbons (Fsp3) is 0.478. The molecule has 3 heterocycles. The molecule has 1 aromatic heterocycles. The van der Waals surface area contributed by atoms with Crippen LogP contribution in [-0.2, 0) is 33.4 Å². The summed E-state index contributed by atoms with van der Waals surface area (Å²) < 4.78 is 47.2. The van der Waals surface area contributed by atoms with E-state index in [0.717, 1.165) is 43.9 Å². The molecule has 1 amide bonds. The number of aromatic nitrogens is 1. The number of nitrogens with two attached hydrogens (primary N) is 1. The van der Waals surface area contributed by atoms with E-state index in [9.17, 15) is 18.0 Å². The Labute approximate surface area is 299 Å². The third kappa shape index (κ3) is 19.6. The van der Waals surface area contributed by atoms with Crippen LogP contribution in [0.2, 0.25) is 0 Å². The molecule has 0 fully saturated rings. The molecule has 2 aliphatic heterocycles. The van der Waals surface area contributed by atoms with Crippen molar-refractivity contribution in [2.24, 2.45) is 5.73 Å². The molecule has 3 rings (SSSR count). The Hall–Kier alpha value is 0.956. The number of hydrogen-bond acceptors (Lipinski definition) is 6. The van der Waals surface area contributed by atoms with Gasteiger partial charge in [-0.3, -0.25) is 4.98 Å². The number of carbonyl (C=O) groups excluding carboxylic acids is 1. The zero-order valence-corrected chi connectivity index (χ0v) is 30.5. The van der Waals surface area contributed by atoms with E-state index >= 15 is 0 Å². The van der Waals surface area contributed by atoms with Gasteiger partial charge in [-0.05, 0) is 36.6 Å². The van der Waals surface area contributed by atoms with Gasteiger partial charge in [0, 0.05) is 66.1 Å². The van der Waals surface area contributed by atoms with Crippen LogP contribution in [0.3, 0.4) is 0 Å². The molecule has 2 aliphatic rings. The van der Waals surface area contributed by atoms with Crippen molar-refractivity contribution in [3.8, 4) is 0 Å². The second-order valence-electron chi connectivity index (χ2n) is 6.80. The summed E-state index contributed by atoms with van der Waals surface area (Å²) >= 11 is 0. The Morgan fingerprint density at radius 1 is 1.43 bits per heavy atom. The average molecular weight is 746 g/mol. The van der Waals surface area contributed by atoms with E-state index in [4.69, 9.17) is 20.3 Å². The zero-order chi connectivity index (χ0) is 25.3. The molecule has 1 radical (unpaired) electrons. The molecule has 193 valence electrons. The Balaban J connectivity index is -0.000000460. The van der Waals surface area contributed by atoms with Crippen LogP contribution in [0.5, 0.6) is 0 Å². The van der Waals surface area contributed by atoms with E-state index in [2.05, 4.69) is 25.8 Å². The maximum Gasteiger partial charge on any atom is 1.00 e. The Morgan fingerprint density at radius 2 is 2.03 bits per heavy atom. The fourth-order valence-corrected chi connectivity index (χ4v) is 2.39. The van der Waals surface area contributed by atoms with Gasteiger partial charge in [0.2, 0.25) is 0 Å². The summed E-state index contributed by atoms with van der Waals surface area (Å²) in [5.74, 6) is 0.840. The normalized spacial score (nSPS) is 14.7. The molecule has 0 spiro atoms. The van der Waals surface area contributed by atoms with E-state index in [1.807, 2.05) is 6.42 Å². The average Bonchev–Trinajstić information content (AvgIpc) is 3.08. The molecule has 35 heavy (non-hydrogen) atoms. The minimum absolute atomic E-state index is 0. The third-order valence-electron chi connectivity index (χ3n) is 4.11. The Morgan fingerprint density at radius 3 is 2.51 bits per heavy atom. The van der Waals surface area contributed by atoms with Crippen molar-refractivity contribution in [2.75, 3.05) is 26.9 Å². The number of aliphatic hydroxyl groups is 1. The van der Waals surface area contributed by atoms with Gasteiger partial charge in [0.05, 0.1) is 19.3 Å². The summed E-state index contributed by atoms with van der Waals surface area (Å²) in [6, 6.07) is 1.07. The number of amides is 1. The van der Waals surface area contributed by atoms with E-state index in [1.54, 1.807) is 19.8 Å². The quantitative estimate of drug-likeness (QED) is 0.430. The van der Waals surface area contributed by atoms with Gasteiger partial charge in [-0.25, -0.2) is 0 Å². The van der Waals surface area contributed by atoms with Crippen molar-refractivity contribution < 1.29 is 143 Å². The van der Waals surface area contributed by atoms with Gasteiger partial charge >= 0.3 is 75.1 Å². The van der Waals surface area contributed by atoms with Gasteiger partial charge in [0.1, 0.15) is 0 Å².